The van der Waals surface area contributed by atoms with Gasteiger partial charge >= 0.3 is 0 Å². The van der Waals surface area contributed by atoms with Gasteiger partial charge in [0.05, 0.1) is 16.5 Å². The van der Waals surface area contributed by atoms with Crippen LogP contribution in [0.4, 0.5) is 5.69 Å². The van der Waals surface area contributed by atoms with E-state index in [0.717, 1.165) is 11.1 Å². The van der Waals surface area contributed by atoms with Crippen LogP contribution in [-0.4, -0.2) is 15.0 Å². The molecule has 0 radical (unpaired) electrons. The fourth-order valence-electron chi connectivity index (χ4n) is 1.94. The molecule has 1 N–H and O–H groups in total. The van der Waals surface area contributed by atoms with Crippen molar-refractivity contribution >= 4 is 27.3 Å². The zero-order chi connectivity index (χ0) is 16.3. The predicted molar refractivity (Wildman–Crippen MR) is 89.3 cm³/mol. The van der Waals surface area contributed by atoms with E-state index >= 15 is 0 Å². The van der Waals surface area contributed by atoms with Crippen molar-refractivity contribution in [3.05, 3.63) is 52.5 Å². The van der Waals surface area contributed by atoms with Gasteiger partial charge in [0.15, 0.2) is 0 Å². The van der Waals surface area contributed by atoms with E-state index in [2.05, 4.69) is 4.72 Å². The maximum atomic E-state index is 12.5. The first-order chi connectivity index (χ1) is 10.3. The van der Waals surface area contributed by atoms with E-state index in [1.54, 1.807) is 12.1 Å². The van der Waals surface area contributed by atoms with Crippen LogP contribution in [0, 0.1) is 13.8 Å². The topological polar surface area (TPSA) is 55.4 Å². The van der Waals surface area contributed by atoms with Gasteiger partial charge in [-0.05, 0) is 56.2 Å². The molecule has 4 nitrogen and oxygen atoms in total. The summed E-state index contributed by atoms with van der Waals surface area (Å²) in [6, 6.07) is 9.80. The highest BCUT2D eigenvalue weighted by Gasteiger charge is 2.16. The fourth-order valence-corrected chi connectivity index (χ4v) is 3.17. The Labute approximate surface area is 136 Å². The Balaban J connectivity index is 2.33. The molecule has 118 valence electrons. The number of sulfonamides is 1. The minimum absolute atomic E-state index is 0.110. The number of benzene rings is 2. The second-order valence-electron chi connectivity index (χ2n) is 4.93. The van der Waals surface area contributed by atoms with Crippen molar-refractivity contribution < 1.29 is 13.2 Å². The lowest BCUT2D eigenvalue weighted by atomic mass is 10.1. The van der Waals surface area contributed by atoms with Gasteiger partial charge in [0, 0.05) is 11.8 Å². The number of ether oxygens (including phenoxy) is 1. The molecule has 0 saturated heterocycles. The average molecular weight is 340 g/mol. The molecule has 0 aliphatic heterocycles. The van der Waals surface area contributed by atoms with E-state index in [4.69, 9.17) is 16.3 Å². The first kappa shape index (κ1) is 16.6. The number of anilines is 1. The van der Waals surface area contributed by atoms with Gasteiger partial charge in [-0.2, -0.15) is 0 Å². The van der Waals surface area contributed by atoms with Gasteiger partial charge < -0.3 is 4.74 Å². The van der Waals surface area contributed by atoms with Crippen molar-refractivity contribution in [1.82, 2.24) is 0 Å². The van der Waals surface area contributed by atoms with Gasteiger partial charge in [-0.1, -0.05) is 17.7 Å². The largest absolute Gasteiger partial charge is 0.492 e. The monoisotopic (exact) mass is 339 g/mol. The van der Waals surface area contributed by atoms with Crippen molar-refractivity contribution in [2.75, 3.05) is 11.3 Å². The molecule has 0 aliphatic carbocycles. The quantitative estimate of drug-likeness (QED) is 0.890. The molecule has 0 unspecified atom stereocenters. The van der Waals surface area contributed by atoms with Crippen LogP contribution >= 0.6 is 11.6 Å². The number of aryl methyl sites for hydroxylation is 2. The summed E-state index contributed by atoms with van der Waals surface area (Å²) in [5.41, 5.74) is 2.65. The number of halogens is 1. The lowest BCUT2D eigenvalue weighted by Crippen LogP contribution is -2.13. The highest BCUT2D eigenvalue weighted by molar-refractivity contribution is 7.92. The molecular weight excluding hydrogens is 322 g/mol. The van der Waals surface area contributed by atoms with E-state index in [9.17, 15) is 8.42 Å². The summed E-state index contributed by atoms with van der Waals surface area (Å²) < 4.78 is 32.8. The standard InChI is InChI=1S/C16H18ClNO3S/c1-4-21-16-10-14(7-8-15(16)17)22(19,20)18-13-6-5-11(2)12(3)9-13/h5-10,18H,4H2,1-3H3. The normalized spacial score (nSPS) is 11.3. The van der Waals surface area contributed by atoms with E-state index in [-0.39, 0.29) is 4.90 Å². The summed E-state index contributed by atoms with van der Waals surface area (Å²) in [5, 5.41) is 0.381. The van der Waals surface area contributed by atoms with E-state index in [1.807, 2.05) is 26.8 Å². The summed E-state index contributed by atoms with van der Waals surface area (Å²) in [4.78, 5) is 0.110. The molecule has 0 fully saturated rings. The Morgan fingerprint density at radius 2 is 1.82 bits per heavy atom. The number of hydrogen-bond acceptors (Lipinski definition) is 3. The number of hydrogen-bond donors (Lipinski definition) is 1. The molecule has 22 heavy (non-hydrogen) atoms. The third-order valence-electron chi connectivity index (χ3n) is 3.27. The highest BCUT2D eigenvalue weighted by atomic mass is 35.5. The number of rotatable bonds is 5. The summed E-state index contributed by atoms with van der Waals surface area (Å²) in [6.07, 6.45) is 0. The second kappa shape index (κ2) is 6.58. The van der Waals surface area contributed by atoms with Crippen molar-refractivity contribution in [3.8, 4) is 5.75 Å². The molecule has 0 amide bonds. The van der Waals surface area contributed by atoms with Crippen molar-refractivity contribution in [1.29, 1.82) is 0 Å². The maximum Gasteiger partial charge on any atom is 0.262 e. The SMILES string of the molecule is CCOc1cc(S(=O)(=O)Nc2ccc(C)c(C)c2)ccc1Cl. The van der Waals surface area contributed by atoms with Crippen LogP contribution in [0.5, 0.6) is 5.75 Å². The molecule has 0 saturated carbocycles. The molecule has 2 rings (SSSR count). The lowest BCUT2D eigenvalue weighted by Gasteiger charge is -2.12. The molecule has 0 spiro atoms. The summed E-state index contributed by atoms with van der Waals surface area (Å²) in [7, 11) is -3.69. The average Bonchev–Trinajstić information content (AvgIpc) is 2.45. The van der Waals surface area contributed by atoms with Crippen LogP contribution in [-0.2, 0) is 10.0 Å². The zero-order valence-electron chi connectivity index (χ0n) is 12.7. The minimum atomic E-state index is -3.69. The van der Waals surface area contributed by atoms with Crippen LogP contribution in [0.1, 0.15) is 18.1 Å². The third kappa shape index (κ3) is 3.72. The molecule has 0 bridgehead atoms. The summed E-state index contributed by atoms with van der Waals surface area (Å²) in [5.74, 6) is 0.354. The molecular formula is C16H18ClNO3S. The smallest absolute Gasteiger partial charge is 0.262 e. The van der Waals surface area contributed by atoms with Gasteiger partial charge in [0.2, 0.25) is 0 Å². The van der Waals surface area contributed by atoms with Crippen molar-refractivity contribution in [2.24, 2.45) is 0 Å². The first-order valence-corrected chi connectivity index (χ1v) is 8.72. The van der Waals surface area contributed by atoms with E-state index in [1.165, 1.54) is 18.2 Å². The fraction of sp³-hybridized carbons (Fsp3) is 0.250. The maximum absolute atomic E-state index is 12.5. The van der Waals surface area contributed by atoms with E-state index in [0.29, 0.717) is 23.1 Å². The Hall–Kier alpha value is -1.72. The van der Waals surface area contributed by atoms with Gasteiger partial charge in [0.1, 0.15) is 5.75 Å². The van der Waals surface area contributed by atoms with Crippen LogP contribution in [0.15, 0.2) is 41.3 Å². The Morgan fingerprint density at radius 1 is 1.09 bits per heavy atom. The van der Waals surface area contributed by atoms with Gasteiger partial charge in [0.25, 0.3) is 10.0 Å². The van der Waals surface area contributed by atoms with Crippen LogP contribution in [0.25, 0.3) is 0 Å². The van der Waals surface area contributed by atoms with Gasteiger partial charge in [-0.25, -0.2) is 8.42 Å². The lowest BCUT2D eigenvalue weighted by molar-refractivity contribution is 0.339. The minimum Gasteiger partial charge on any atom is -0.492 e. The Kier molecular flexibility index (Phi) is 4.98. The first-order valence-electron chi connectivity index (χ1n) is 6.86. The van der Waals surface area contributed by atoms with Crippen molar-refractivity contribution in [3.63, 3.8) is 0 Å². The summed E-state index contributed by atoms with van der Waals surface area (Å²) in [6.45, 7) is 6.13. The zero-order valence-corrected chi connectivity index (χ0v) is 14.3. The van der Waals surface area contributed by atoms with Crippen molar-refractivity contribution in [2.45, 2.75) is 25.7 Å². The van der Waals surface area contributed by atoms with E-state index < -0.39 is 10.0 Å². The molecule has 0 aliphatic rings. The second-order valence-corrected chi connectivity index (χ2v) is 7.02. The predicted octanol–water partition coefficient (Wildman–Crippen LogP) is 4.16. The molecule has 6 heteroatoms. The van der Waals surface area contributed by atoms with Crippen LogP contribution in [0.3, 0.4) is 0 Å². The van der Waals surface area contributed by atoms with Gasteiger partial charge in [-0.15, -0.1) is 0 Å². The third-order valence-corrected chi connectivity index (χ3v) is 4.96. The molecule has 0 heterocycles. The number of nitrogens with one attached hydrogen (secondary N) is 1. The highest BCUT2D eigenvalue weighted by Crippen LogP contribution is 2.28. The van der Waals surface area contributed by atoms with Gasteiger partial charge in [-0.3, -0.25) is 4.72 Å². The molecule has 2 aromatic rings. The Bertz CT molecular complexity index is 788. The Morgan fingerprint density at radius 3 is 2.45 bits per heavy atom. The molecule has 0 aromatic heterocycles. The summed E-state index contributed by atoms with van der Waals surface area (Å²) >= 11 is 5.98. The van der Waals surface area contributed by atoms with Crippen LogP contribution < -0.4 is 9.46 Å². The molecule has 0 atom stereocenters. The molecule has 2 aromatic carbocycles. The van der Waals surface area contributed by atoms with Crippen LogP contribution in [0.2, 0.25) is 5.02 Å².